The highest BCUT2D eigenvalue weighted by Gasteiger charge is 2.42. The van der Waals surface area contributed by atoms with Gasteiger partial charge in [-0.1, -0.05) is 39.3 Å². The van der Waals surface area contributed by atoms with Gasteiger partial charge >= 0.3 is 6.09 Å². The van der Waals surface area contributed by atoms with Crippen LogP contribution in [-0.2, 0) is 11.2 Å². The second-order valence-corrected chi connectivity index (χ2v) is 11.1. The zero-order valence-corrected chi connectivity index (χ0v) is 21.1. The number of nitrogens with one attached hydrogen (secondary N) is 1. The summed E-state index contributed by atoms with van der Waals surface area (Å²) in [5.41, 5.74) is 3.09. The Kier molecular flexibility index (Phi) is 6.75. The average molecular weight is 481 g/mol. The molecule has 1 N–H and O–H groups in total. The number of hydrogen-bond donors (Lipinski definition) is 1. The van der Waals surface area contributed by atoms with Crippen molar-refractivity contribution in [2.45, 2.75) is 65.0 Å². The molecule has 3 saturated heterocycles. The molecule has 2 bridgehead atoms. The first-order chi connectivity index (χ1) is 16.8. The van der Waals surface area contributed by atoms with E-state index in [2.05, 4.69) is 31.0 Å². The van der Waals surface area contributed by atoms with E-state index in [1.165, 1.54) is 0 Å². The van der Waals surface area contributed by atoms with Gasteiger partial charge in [0.15, 0.2) is 0 Å². The molecule has 1 unspecified atom stereocenters. The van der Waals surface area contributed by atoms with E-state index < -0.39 is 6.09 Å². The highest BCUT2D eigenvalue weighted by Crippen LogP contribution is 2.47. The minimum atomic E-state index is -0.391. The highest BCUT2D eigenvalue weighted by molar-refractivity contribution is 5.70. The van der Waals surface area contributed by atoms with Gasteiger partial charge in [0, 0.05) is 12.1 Å². The van der Waals surface area contributed by atoms with Gasteiger partial charge in [0.2, 0.25) is 0 Å². The quantitative estimate of drug-likeness (QED) is 0.486. The van der Waals surface area contributed by atoms with Crippen LogP contribution in [0.4, 0.5) is 9.18 Å². The fourth-order valence-corrected chi connectivity index (χ4v) is 5.96. The second kappa shape index (κ2) is 9.81. The standard InChI is InChI=1S/C29H37FN2O3/c1-4-5-14-34-22-8-6-19(7-9-22)23-15-21-17-29(2,3)27(24(21)16-25(23)30)31-28(33)35-26-18-32-12-10-20(26)11-13-32/h6-9,15-16,20,26-27H,4-5,10-14,17-18H2,1-3H3,(H,31,33)/t26-,27?/m0/s1. The Morgan fingerprint density at radius 2 is 1.91 bits per heavy atom. The summed E-state index contributed by atoms with van der Waals surface area (Å²) in [5.74, 6) is 0.979. The first-order valence-corrected chi connectivity index (χ1v) is 13.1. The lowest BCUT2D eigenvalue weighted by Gasteiger charge is -2.44. The van der Waals surface area contributed by atoms with Gasteiger partial charge < -0.3 is 14.8 Å². The van der Waals surface area contributed by atoms with Crippen LogP contribution in [0, 0.1) is 17.2 Å². The molecule has 6 heteroatoms. The molecule has 2 atom stereocenters. The van der Waals surface area contributed by atoms with Crippen molar-refractivity contribution in [3.8, 4) is 16.9 Å². The van der Waals surface area contributed by atoms with Gasteiger partial charge in [-0.25, -0.2) is 9.18 Å². The monoisotopic (exact) mass is 480 g/mol. The topological polar surface area (TPSA) is 50.8 Å². The van der Waals surface area contributed by atoms with Crippen molar-refractivity contribution < 1.29 is 18.7 Å². The maximum absolute atomic E-state index is 15.3. The summed E-state index contributed by atoms with van der Waals surface area (Å²) >= 11 is 0. The number of carbonyl (C=O) groups excluding carboxylic acids is 1. The summed E-state index contributed by atoms with van der Waals surface area (Å²) in [6.45, 7) is 10.1. The molecule has 35 heavy (non-hydrogen) atoms. The molecule has 3 aliphatic heterocycles. The summed E-state index contributed by atoms with van der Waals surface area (Å²) in [4.78, 5) is 15.3. The molecule has 0 saturated carbocycles. The molecule has 1 amide bonds. The van der Waals surface area contributed by atoms with Crippen molar-refractivity contribution in [1.82, 2.24) is 10.2 Å². The zero-order valence-electron chi connectivity index (χ0n) is 21.1. The summed E-state index contributed by atoms with van der Waals surface area (Å²) in [5, 5.41) is 3.09. The van der Waals surface area contributed by atoms with Gasteiger partial charge in [-0.05, 0) is 91.1 Å². The van der Waals surface area contributed by atoms with Crippen molar-refractivity contribution in [1.29, 1.82) is 0 Å². The fourth-order valence-electron chi connectivity index (χ4n) is 5.96. The van der Waals surface area contributed by atoms with E-state index in [1.54, 1.807) is 6.07 Å². The number of carbonyl (C=O) groups is 1. The number of ether oxygens (including phenoxy) is 2. The molecule has 0 aromatic heterocycles. The van der Waals surface area contributed by atoms with Crippen LogP contribution in [0.1, 0.15) is 63.6 Å². The van der Waals surface area contributed by atoms with Gasteiger partial charge in [0.1, 0.15) is 17.7 Å². The summed E-state index contributed by atoms with van der Waals surface area (Å²) in [6.07, 6.45) is 4.61. The Hall–Kier alpha value is -2.60. The molecule has 1 aliphatic carbocycles. The average Bonchev–Trinajstić information content (AvgIpc) is 3.08. The van der Waals surface area contributed by atoms with Crippen LogP contribution < -0.4 is 10.1 Å². The predicted molar refractivity (Wildman–Crippen MR) is 135 cm³/mol. The molecule has 188 valence electrons. The maximum Gasteiger partial charge on any atom is 0.407 e. The number of unbranched alkanes of at least 4 members (excludes halogenated alkanes) is 1. The van der Waals surface area contributed by atoms with Gasteiger partial charge in [-0.2, -0.15) is 0 Å². The smallest absolute Gasteiger partial charge is 0.407 e. The number of halogens is 1. The lowest BCUT2D eigenvalue weighted by molar-refractivity contribution is -0.0349. The minimum absolute atomic E-state index is 0.0467. The molecular weight excluding hydrogens is 443 g/mol. The van der Waals surface area contributed by atoms with E-state index in [9.17, 15) is 4.79 Å². The summed E-state index contributed by atoms with van der Waals surface area (Å²) in [7, 11) is 0. The second-order valence-electron chi connectivity index (χ2n) is 11.1. The van der Waals surface area contributed by atoms with Gasteiger partial charge in [-0.15, -0.1) is 0 Å². The lowest BCUT2D eigenvalue weighted by atomic mass is 9.85. The van der Waals surface area contributed by atoms with E-state index in [4.69, 9.17) is 9.47 Å². The highest BCUT2D eigenvalue weighted by atomic mass is 19.1. The Morgan fingerprint density at radius 1 is 1.17 bits per heavy atom. The Labute approximate surface area is 208 Å². The molecule has 4 aliphatic rings. The third kappa shape index (κ3) is 5.04. The predicted octanol–water partition coefficient (Wildman–Crippen LogP) is 6.12. The molecular formula is C29H37FN2O3. The lowest BCUT2D eigenvalue weighted by Crippen LogP contribution is -2.53. The third-order valence-electron chi connectivity index (χ3n) is 8.02. The van der Waals surface area contributed by atoms with Crippen LogP contribution in [0.25, 0.3) is 11.1 Å². The first kappa shape index (κ1) is 24.1. The van der Waals surface area contributed by atoms with Crippen molar-refractivity contribution in [2.24, 2.45) is 11.3 Å². The SMILES string of the molecule is CCCCOc1ccc(-c2cc3c(cc2F)C(NC(=O)O[C@H]2CN4CCC2CC4)C(C)(C)C3)cc1. The minimum Gasteiger partial charge on any atom is -0.494 e. The normalized spacial score (nSPS) is 26.3. The van der Waals surface area contributed by atoms with Crippen molar-refractivity contribution in [2.75, 3.05) is 26.2 Å². The number of amides is 1. The van der Waals surface area contributed by atoms with Crippen LogP contribution in [0.5, 0.6) is 5.75 Å². The zero-order chi connectivity index (χ0) is 24.6. The largest absolute Gasteiger partial charge is 0.494 e. The van der Waals surface area contributed by atoms with E-state index >= 15 is 4.39 Å². The molecule has 2 aromatic rings. The number of hydrogen-bond acceptors (Lipinski definition) is 4. The number of piperidine rings is 3. The van der Waals surface area contributed by atoms with Crippen LogP contribution in [0.15, 0.2) is 36.4 Å². The van der Waals surface area contributed by atoms with Gasteiger partial charge in [-0.3, -0.25) is 4.90 Å². The van der Waals surface area contributed by atoms with Gasteiger partial charge in [0.05, 0.1) is 12.6 Å². The molecule has 3 fully saturated rings. The van der Waals surface area contributed by atoms with Crippen molar-refractivity contribution in [3.05, 3.63) is 53.3 Å². The van der Waals surface area contributed by atoms with Crippen LogP contribution in [-0.4, -0.2) is 43.3 Å². The Balaban J connectivity index is 1.30. The van der Waals surface area contributed by atoms with E-state index in [1.807, 2.05) is 30.3 Å². The van der Waals surface area contributed by atoms with Crippen molar-refractivity contribution >= 4 is 6.09 Å². The molecule has 2 aromatic carbocycles. The first-order valence-electron chi connectivity index (χ1n) is 13.1. The Bertz CT molecular complexity index is 1060. The maximum atomic E-state index is 15.3. The van der Waals surface area contributed by atoms with Crippen LogP contribution in [0.3, 0.4) is 0 Å². The molecule has 5 nitrogen and oxygen atoms in total. The summed E-state index contributed by atoms with van der Waals surface area (Å²) in [6, 6.07) is 10.9. The molecule has 6 rings (SSSR count). The summed E-state index contributed by atoms with van der Waals surface area (Å²) < 4.78 is 26.9. The molecule has 0 spiro atoms. The number of rotatable bonds is 7. The number of fused-ring (bicyclic) bond motifs is 4. The number of nitrogens with zero attached hydrogens (tertiary/aromatic N) is 1. The third-order valence-corrected chi connectivity index (χ3v) is 8.02. The van der Waals surface area contributed by atoms with Gasteiger partial charge in [0.25, 0.3) is 0 Å². The van der Waals surface area contributed by atoms with Crippen LogP contribution >= 0.6 is 0 Å². The van der Waals surface area contributed by atoms with E-state index in [0.717, 1.165) is 74.2 Å². The fraction of sp³-hybridized carbons (Fsp3) is 0.552. The van der Waals surface area contributed by atoms with E-state index in [0.29, 0.717) is 18.1 Å². The molecule has 3 heterocycles. The Morgan fingerprint density at radius 3 is 2.57 bits per heavy atom. The van der Waals surface area contributed by atoms with Crippen molar-refractivity contribution in [3.63, 3.8) is 0 Å². The van der Waals surface area contributed by atoms with E-state index in [-0.39, 0.29) is 23.4 Å². The molecule has 0 radical (unpaired) electrons. The van der Waals surface area contributed by atoms with Crippen LogP contribution in [0.2, 0.25) is 0 Å². The number of benzene rings is 2. The number of alkyl carbamates (subject to hydrolysis) is 1.